The Balaban J connectivity index is 4.26. The topological polar surface area (TPSA) is 78.9 Å². The summed E-state index contributed by atoms with van der Waals surface area (Å²) in [5.41, 5.74) is 0. The van der Waals surface area contributed by atoms with Crippen LogP contribution in [0.4, 0.5) is 0 Å². The zero-order valence-corrected chi connectivity index (χ0v) is 51.9. The Morgan fingerprint density at radius 1 is 0.266 bits per heavy atom. The molecule has 0 N–H and O–H groups in total. The van der Waals surface area contributed by atoms with Crippen molar-refractivity contribution in [2.75, 3.05) is 13.2 Å². The molecule has 0 aliphatic heterocycles. The van der Waals surface area contributed by atoms with Crippen molar-refractivity contribution < 1.29 is 28.6 Å². The molecule has 452 valence electrons. The third kappa shape index (κ3) is 64.8. The molecular formula is C73H124O6. The minimum atomic E-state index is -0.818. The number of hydrogen-bond acceptors (Lipinski definition) is 6. The van der Waals surface area contributed by atoms with Crippen LogP contribution >= 0.6 is 0 Å². The molecule has 0 fully saturated rings. The van der Waals surface area contributed by atoms with Crippen molar-refractivity contribution in [2.45, 2.75) is 322 Å². The van der Waals surface area contributed by atoms with Gasteiger partial charge >= 0.3 is 17.9 Å². The molecule has 0 heterocycles. The molecule has 0 rings (SSSR count). The second kappa shape index (κ2) is 66.6. The van der Waals surface area contributed by atoms with Gasteiger partial charge in [-0.2, -0.15) is 0 Å². The lowest BCUT2D eigenvalue weighted by atomic mass is 10.0. The van der Waals surface area contributed by atoms with Crippen LogP contribution in [0.2, 0.25) is 0 Å². The average Bonchev–Trinajstić information content (AvgIpc) is 3.45. The Morgan fingerprint density at radius 2 is 0.519 bits per heavy atom. The maximum atomic E-state index is 12.9. The molecule has 79 heavy (non-hydrogen) atoms. The lowest BCUT2D eigenvalue weighted by Crippen LogP contribution is -2.30. The van der Waals surface area contributed by atoms with Crippen molar-refractivity contribution in [3.63, 3.8) is 0 Å². The number of rotatable bonds is 60. The second-order valence-electron chi connectivity index (χ2n) is 22.0. The fourth-order valence-corrected chi connectivity index (χ4v) is 9.30. The number of hydrogen-bond donors (Lipinski definition) is 0. The SMILES string of the molecule is CC/C=C\C/C=C\C/C=C\C/C=C\C/C=C\C/C=C\CCC(=O)OC(COC(=O)CCCCCCCCCCCCC)COC(=O)CCCCCCCCCCCCCCCCCC/C=C\C/C=C\C/C=C\CCCCCCC. The number of unbranched alkanes of at least 4 members (excludes halogenated alkanes) is 31. The highest BCUT2D eigenvalue weighted by molar-refractivity contribution is 5.71. The van der Waals surface area contributed by atoms with Gasteiger partial charge in [0.05, 0.1) is 0 Å². The van der Waals surface area contributed by atoms with Gasteiger partial charge in [-0.3, -0.25) is 14.4 Å². The maximum Gasteiger partial charge on any atom is 0.306 e. The van der Waals surface area contributed by atoms with Crippen LogP contribution in [0.15, 0.2) is 109 Å². The van der Waals surface area contributed by atoms with Gasteiger partial charge in [-0.05, 0) is 96.3 Å². The standard InChI is InChI=1S/C73H124O6/c1-4-7-10-13-16-19-22-24-26-28-30-31-32-33-34-35-36-37-38-39-40-41-43-44-46-48-51-54-57-60-63-66-72(75)78-69-70(68-77-71(74)65-62-59-56-53-50-21-18-15-12-9-6-3)79-73(76)67-64-61-58-55-52-49-47-45-42-29-27-25-23-20-17-14-11-8-5-2/h8,11,17,20,22,24-25,27-28,30,32-33,42,45,49,52,58,61,70H,4-7,9-10,12-16,18-19,21,23,26,29,31,34-41,43-44,46-48,50-51,53-57,59-60,62-69H2,1-3H3/b11-8-,20-17-,24-22-,27-25-,30-28-,33-32-,45-42-,52-49-,61-58-. The molecule has 0 aromatic carbocycles. The number of carbonyl (C=O) groups is 3. The third-order valence-corrected chi connectivity index (χ3v) is 14.3. The monoisotopic (exact) mass is 1100 g/mol. The zero-order chi connectivity index (χ0) is 57.1. The Labute approximate surface area is 489 Å². The molecule has 0 bridgehead atoms. The van der Waals surface area contributed by atoms with Crippen LogP contribution in [0, 0.1) is 0 Å². The normalized spacial score (nSPS) is 12.8. The highest BCUT2D eigenvalue weighted by Gasteiger charge is 2.19. The first-order valence-corrected chi connectivity index (χ1v) is 33.4. The van der Waals surface area contributed by atoms with Crippen LogP contribution < -0.4 is 0 Å². The van der Waals surface area contributed by atoms with Crippen LogP contribution in [-0.4, -0.2) is 37.2 Å². The van der Waals surface area contributed by atoms with Gasteiger partial charge in [0.2, 0.25) is 0 Å². The van der Waals surface area contributed by atoms with Crippen molar-refractivity contribution in [3.8, 4) is 0 Å². The largest absolute Gasteiger partial charge is 0.462 e. The van der Waals surface area contributed by atoms with E-state index in [2.05, 4.69) is 124 Å². The van der Waals surface area contributed by atoms with Gasteiger partial charge in [-0.25, -0.2) is 0 Å². The molecule has 0 aromatic rings. The summed E-state index contributed by atoms with van der Waals surface area (Å²) >= 11 is 0. The molecule has 0 radical (unpaired) electrons. The Hall–Kier alpha value is -3.93. The van der Waals surface area contributed by atoms with E-state index >= 15 is 0 Å². The van der Waals surface area contributed by atoms with Crippen molar-refractivity contribution in [1.29, 1.82) is 0 Å². The first kappa shape index (κ1) is 75.1. The first-order chi connectivity index (χ1) is 39.0. The first-order valence-electron chi connectivity index (χ1n) is 33.4. The summed E-state index contributed by atoms with van der Waals surface area (Å²) in [7, 11) is 0. The second-order valence-corrected chi connectivity index (χ2v) is 22.0. The molecule has 1 atom stereocenters. The highest BCUT2D eigenvalue weighted by atomic mass is 16.6. The van der Waals surface area contributed by atoms with E-state index in [4.69, 9.17) is 14.2 Å². The van der Waals surface area contributed by atoms with Crippen LogP contribution in [0.3, 0.4) is 0 Å². The van der Waals surface area contributed by atoms with Gasteiger partial charge in [-0.1, -0.05) is 310 Å². The summed E-state index contributed by atoms with van der Waals surface area (Å²) in [5.74, 6) is -0.983. The van der Waals surface area contributed by atoms with Gasteiger partial charge in [0, 0.05) is 19.3 Å². The Kier molecular flexibility index (Phi) is 63.3. The molecule has 6 heteroatoms. The van der Waals surface area contributed by atoms with Crippen molar-refractivity contribution in [3.05, 3.63) is 109 Å². The quantitative estimate of drug-likeness (QED) is 0.0261. The van der Waals surface area contributed by atoms with Gasteiger partial charge < -0.3 is 14.2 Å². The van der Waals surface area contributed by atoms with Crippen LogP contribution in [0.5, 0.6) is 0 Å². The zero-order valence-electron chi connectivity index (χ0n) is 51.9. The van der Waals surface area contributed by atoms with E-state index < -0.39 is 6.10 Å². The van der Waals surface area contributed by atoms with Crippen LogP contribution in [0.1, 0.15) is 316 Å². The van der Waals surface area contributed by atoms with Gasteiger partial charge in [0.15, 0.2) is 6.10 Å². The lowest BCUT2D eigenvalue weighted by molar-refractivity contribution is -0.166. The molecule has 0 aliphatic rings. The number of esters is 3. The smallest absolute Gasteiger partial charge is 0.306 e. The van der Waals surface area contributed by atoms with Crippen LogP contribution in [-0.2, 0) is 28.6 Å². The maximum absolute atomic E-state index is 12.9. The van der Waals surface area contributed by atoms with Crippen LogP contribution in [0.25, 0.3) is 0 Å². The summed E-state index contributed by atoms with van der Waals surface area (Å²) in [6.45, 7) is 6.47. The Morgan fingerprint density at radius 3 is 0.823 bits per heavy atom. The third-order valence-electron chi connectivity index (χ3n) is 14.3. The molecule has 0 aromatic heterocycles. The summed E-state index contributed by atoms with van der Waals surface area (Å²) in [6, 6.07) is 0. The van der Waals surface area contributed by atoms with Gasteiger partial charge in [0.25, 0.3) is 0 Å². The molecule has 0 saturated carbocycles. The molecule has 0 spiro atoms. The van der Waals surface area contributed by atoms with Gasteiger partial charge in [-0.15, -0.1) is 0 Å². The fourth-order valence-electron chi connectivity index (χ4n) is 9.30. The van der Waals surface area contributed by atoms with E-state index in [1.54, 1.807) is 0 Å². The summed E-state index contributed by atoms with van der Waals surface area (Å²) in [4.78, 5) is 38.2. The predicted molar refractivity (Wildman–Crippen MR) is 343 cm³/mol. The van der Waals surface area contributed by atoms with E-state index in [0.717, 1.165) is 89.9 Å². The van der Waals surface area contributed by atoms with Gasteiger partial charge in [0.1, 0.15) is 13.2 Å². The van der Waals surface area contributed by atoms with E-state index in [-0.39, 0.29) is 37.5 Å². The molecule has 1 unspecified atom stereocenters. The highest BCUT2D eigenvalue weighted by Crippen LogP contribution is 2.16. The minimum absolute atomic E-state index is 0.106. The lowest BCUT2D eigenvalue weighted by Gasteiger charge is -2.18. The fraction of sp³-hybridized carbons (Fsp3) is 0.712. The predicted octanol–water partition coefficient (Wildman–Crippen LogP) is 23.0. The van der Waals surface area contributed by atoms with Crippen molar-refractivity contribution in [1.82, 2.24) is 0 Å². The number of carbonyl (C=O) groups excluding carboxylic acids is 3. The Bertz CT molecular complexity index is 1590. The van der Waals surface area contributed by atoms with Crippen molar-refractivity contribution >= 4 is 17.9 Å². The number of ether oxygens (including phenoxy) is 3. The van der Waals surface area contributed by atoms with Crippen molar-refractivity contribution in [2.24, 2.45) is 0 Å². The summed E-state index contributed by atoms with van der Waals surface area (Å²) in [5, 5.41) is 0. The summed E-state index contributed by atoms with van der Waals surface area (Å²) in [6.07, 6.45) is 91.3. The molecule has 0 saturated heterocycles. The molecule has 0 amide bonds. The molecule has 6 nitrogen and oxygen atoms in total. The number of allylic oxidation sites excluding steroid dienone is 18. The van der Waals surface area contributed by atoms with E-state index in [1.165, 1.54) is 180 Å². The van der Waals surface area contributed by atoms with E-state index in [0.29, 0.717) is 19.3 Å². The molecular weight excluding hydrogens is 973 g/mol. The summed E-state index contributed by atoms with van der Waals surface area (Å²) < 4.78 is 16.8. The minimum Gasteiger partial charge on any atom is -0.462 e. The van der Waals surface area contributed by atoms with E-state index in [1.807, 2.05) is 6.08 Å². The average molecular weight is 1100 g/mol. The van der Waals surface area contributed by atoms with E-state index in [9.17, 15) is 14.4 Å². The molecule has 0 aliphatic carbocycles.